The van der Waals surface area contributed by atoms with Crippen molar-refractivity contribution >= 4 is 5.91 Å². The molecule has 0 aromatic heterocycles. The lowest BCUT2D eigenvalue weighted by molar-refractivity contribution is -0.139. The molecule has 5 nitrogen and oxygen atoms in total. The van der Waals surface area contributed by atoms with E-state index < -0.39 is 0 Å². The molecule has 0 N–H and O–H groups in total. The SMILES string of the molecule is CCN(CC(=O)N1CCO[C@@H](C)C1)[C@@H](C)c1ccc(C#N)cc1. The predicted octanol–water partition coefficient (Wildman–Crippen LogP) is 2.19. The molecule has 0 saturated carbocycles. The summed E-state index contributed by atoms with van der Waals surface area (Å²) >= 11 is 0. The van der Waals surface area contributed by atoms with Gasteiger partial charge >= 0.3 is 0 Å². The molecule has 0 unspecified atom stereocenters. The second-order valence-corrected chi connectivity index (χ2v) is 5.99. The molecule has 2 atom stereocenters. The zero-order chi connectivity index (χ0) is 16.8. The molecule has 124 valence electrons. The number of amides is 1. The number of nitriles is 1. The lowest BCUT2D eigenvalue weighted by Crippen LogP contribution is -2.48. The second-order valence-electron chi connectivity index (χ2n) is 5.99. The summed E-state index contributed by atoms with van der Waals surface area (Å²) in [6.45, 7) is 9.32. The number of hydrogen-bond donors (Lipinski definition) is 0. The lowest BCUT2D eigenvalue weighted by Gasteiger charge is -2.34. The Morgan fingerprint density at radius 2 is 2.17 bits per heavy atom. The molecule has 23 heavy (non-hydrogen) atoms. The molecule has 0 radical (unpaired) electrons. The highest BCUT2D eigenvalue weighted by Crippen LogP contribution is 2.20. The smallest absolute Gasteiger partial charge is 0.236 e. The van der Waals surface area contributed by atoms with Crippen LogP contribution < -0.4 is 0 Å². The van der Waals surface area contributed by atoms with Gasteiger partial charge in [-0.15, -0.1) is 0 Å². The van der Waals surface area contributed by atoms with Crippen LogP contribution in [0.5, 0.6) is 0 Å². The van der Waals surface area contributed by atoms with Crippen LogP contribution in [-0.4, -0.2) is 54.6 Å². The Morgan fingerprint density at radius 1 is 1.48 bits per heavy atom. The first-order valence-electron chi connectivity index (χ1n) is 8.18. The van der Waals surface area contributed by atoms with Crippen LogP contribution in [0.3, 0.4) is 0 Å². The van der Waals surface area contributed by atoms with Crippen molar-refractivity contribution in [2.75, 3.05) is 32.8 Å². The summed E-state index contributed by atoms with van der Waals surface area (Å²) in [4.78, 5) is 16.6. The van der Waals surface area contributed by atoms with Gasteiger partial charge in [-0.2, -0.15) is 5.26 Å². The van der Waals surface area contributed by atoms with Crippen LogP contribution in [0.25, 0.3) is 0 Å². The maximum Gasteiger partial charge on any atom is 0.236 e. The normalized spacial score (nSPS) is 19.4. The first kappa shape index (κ1) is 17.5. The van der Waals surface area contributed by atoms with Gasteiger partial charge < -0.3 is 9.64 Å². The number of benzene rings is 1. The zero-order valence-electron chi connectivity index (χ0n) is 14.2. The van der Waals surface area contributed by atoms with Crippen molar-refractivity contribution in [3.05, 3.63) is 35.4 Å². The average Bonchev–Trinajstić information content (AvgIpc) is 2.59. The first-order valence-corrected chi connectivity index (χ1v) is 8.18. The number of carbonyl (C=O) groups is 1. The molecular formula is C18H25N3O2. The monoisotopic (exact) mass is 315 g/mol. The number of hydrogen-bond acceptors (Lipinski definition) is 4. The van der Waals surface area contributed by atoms with E-state index in [1.54, 1.807) is 0 Å². The minimum atomic E-state index is 0.110. The van der Waals surface area contributed by atoms with Gasteiger partial charge in [0.2, 0.25) is 5.91 Å². The van der Waals surface area contributed by atoms with E-state index in [1.807, 2.05) is 36.1 Å². The quantitative estimate of drug-likeness (QED) is 0.836. The van der Waals surface area contributed by atoms with Crippen molar-refractivity contribution in [1.29, 1.82) is 5.26 Å². The Labute approximate surface area is 138 Å². The van der Waals surface area contributed by atoms with Crippen molar-refractivity contribution < 1.29 is 9.53 Å². The number of carbonyl (C=O) groups excluding carboxylic acids is 1. The summed E-state index contributed by atoms with van der Waals surface area (Å²) in [6, 6.07) is 9.84. The first-order chi connectivity index (χ1) is 11.0. The second kappa shape index (κ2) is 8.09. The molecule has 1 aromatic rings. The van der Waals surface area contributed by atoms with E-state index in [-0.39, 0.29) is 18.1 Å². The van der Waals surface area contributed by atoms with Crippen LogP contribution in [-0.2, 0) is 9.53 Å². The number of ether oxygens (including phenoxy) is 1. The number of likely N-dealkylation sites (N-methyl/N-ethyl adjacent to an activating group) is 1. The van der Waals surface area contributed by atoms with Gasteiger partial charge in [0.1, 0.15) is 0 Å². The highest BCUT2D eigenvalue weighted by molar-refractivity contribution is 5.78. The Balaban J connectivity index is 2.00. The maximum atomic E-state index is 12.5. The minimum absolute atomic E-state index is 0.110. The Morgan fingerprint density at radius 3 is 2.74 bits per heavy atom. The maximum absolute atomic E-state index is 12.5. The third-order valence-electron chi connectivity index (χ3n) is 4.41. The number of rotatable bonds is 5. The molecule has 1 fully saturated rings. The molecule has 1 amide bonds. The molecule has 1 saturated heterocycles. The van der Waals surface area contributed by atoms with E-state index in [9.17, 15) is 4.79 Å². The summed E-state index contributed by atoms with van der Waals surface area (Å²) in [7, 11) is 0. The van der Waals surface area contributed by atoms with E-state index in [0.29, 0.717) is 31.8 Å². The molecule has 0 bridgehead atoms. The molecule has 2 rings (SSSR count). The van der Waals surface area contributed by atoms with Crippen LogP contribution in [0.1, 0.15) is 37.9 Å². The lowest BCUT2D eigenvalue weighted by atomic mass is 10.0. The molecule has 1 aromatic carbocycles. The van der Waals surface area contributed by atoms with Crippen molar-refractivity contribution in [1.82, 2.24) is 9.80 Å². The van der Waals surface area contributed by atoms with E-state index in [1.165, 1.54) is 0 Å². The number of nitrogens with zero attached hydrogens (tertiary/aromatic N) is 3. The summed E-state index contributed by atoms with van der Waals surface area (Å²) in [5.74, 6) is 0.155. The van der Waals surface area contributed by atoms with Gasteiger partial charge in [-0.1, -0.05) is 19.1 Å². The van der Waals surface area contributed by atoms with E-state index in [4.69, 9.17) is 10.00 Å². The molecular weight excluding hydrogens is 290 g/mol. The van der Waals surface area contributed by atoms with Crippen molar-refractivity contribution in [3.63, 3.8) is 0 Å². The Bertz CT molecular complexity index is 565. The van der Waals surface area contributed by atoms with Gasteiger partial charge in [-0.25, -0.2) is 0 Å². The van der Waals surface area contributed by atoms with Gasteiger partial charge in [0, 0.05) is 19.1 Å². The molecule has 0 aliphatic carbocycles. The van der Waals surface area contributed by atoms with Crippen LogP contribution in [0, 0.1) is 11.3 Å². The molecule has 1 heterocycles. The molecule has 5 heteroatoms. The van der Waals surface area contributed by atoms with E-state index >= 15 is 0 Å². The molecule has 0 spiro atoms. The fourth-order valence-corrected chi connectivity index (χ4v) is 2.89. The molecule has 1 aliphatic rings. The highest BCUT2D eigenvalue weighted by atomic mass is 16.5. The highest BCUT2D eigenvalue weighted by Gasteiger charge is 2.24. The Hall–Kier alpha value is -1.90. The van der Waals surface area contributed by atoms with Crippen LogP contribution in [0.4, 0.5) is 0 Å². The minimum Gasteiger partial charge on any atom is -0.375 e. The van der Waals surface area contributed by atoms with Crippen molar-refractivity contribution in [2.24, 2.45) is 0 Å². The van der Waals surface area contributed by atoms with Gasteiger partial charge in [0.05, 0.1) is 30.9 Å². The zero-order valence-corrected chi connectivity index (χ0v) is 14.2. The average molecular weight is 315 g/mol. The third-order valence-corrected chi connectivity index (χ3v) is 4.41. The fourth-order valence-electron chi connectivity index (χ4n) is 2.89. The fraction of sp³-hybridized carbons (Fsp3) is 0.556. The van der Waals surface area contributed by atoms with Crippen molar-refractivity contribution in [2.45, 2.75) is 32.9 Å². The van der Waals surface area contributed by atoms with Crippen LogP contribution in [0.2, 0.25) is 0 Å². The van der Waals surface area contributed by atoms with E-state index in [2.05, 4.69) is 24.8 Å². The summed E-state index contributed by atoms with van der Waals surface area (Å²) in [5, 5.41) is 8.89. The summed E-state index contributed by atoms with van der Waals surface area (Å²) in [6.07, 6.45) is 0.110. The Kier molecular flexibility index (Phi) is 6.14. The van der Waals surface area contributed by atoms with Crippen LogP contribution >= 0.6 is 0 Å². The number of morpholine rings is 1. The van der Waals surface area contributed by atoms with Gasteiger partial charge in [-0.3, -0.25) is 9.69 Å². The van der Waals surface area contributed by atoms with Gasteiger partial charge in [0.25, 0.3) is 0 Å². The largest absolute Gasteiger partial charge is 0.375 e. The van der Waals surface area contributed by atoms with Crippen LogP contribution in [0.15, 0.2) is 24.3 Å². The van der Waals surface area contributed by atoms with Crippen molar-refractivity contribution in [3.8, 4) is 6.07 Å². The molecule has 1 aliphatic heterocycles. The standard InChI is InChI=1S/C18H25N3O2/c1-4-20(13-18(22)21-9-10-23-14(2)12-21)15(3)17-7-5-16(11-19)6-8-17/h5-8,14-15H,4,9-10,12-13H2,1-3H3/t14-,15-/m0/s1. The summed E-state index contributed by atoms with van der Waals surface area (Å²) < 4.78 is 5.49. The predicted molar refractivity (Wildman–Crippen MR) is 88.8 cm³/mol. The summed E-state index contributed by atoms with van der Waals surface area (Å²) in [5.41, 5.74) is 1.77. The van der Waals surface area contributed by atoms with Gasteiger partial charge in [-0.05, 0) is 38.1 Å². The van der Waals surface area contributed by atoms with E-state index in [0.717, 1.165) is 12.1 Å². The van der Waals surface area contributed by atoms with Gasteiger partial charge in [0.15, 0.2) is 0 Å². The topological polar surface area (TPSA) is 56.6 Å². The third kappa shape index (κ3) is 4.54.